The van der Waals surface area contributed by atoms with E-state index in [9.17, 15) is 24.0 Å². The molecule has 1 saturated heterocycles. The van der Waals surface area contributed by atoms with Crippen LogP contribution >= 0.6 is 0 Å². The third kappa shape index (κ3) is 7.09. The molecule has 5 amide bonds. The Labute approximate surface area is 213 Å². The molecular weight excluding hydrogens is 462 g/mol. The number of carbonyl (C=O) groups is 5. The predicted octanol–water partition coefficient (Wildman–Crippen LogP) is 0.856. The van der Waals surface area contributed by atoms with E-state index in [0.29, 0.717) is 19.4 Å². The number of nitrogens with zero attached hydrogens (tertiary/aromatic N) is 1. The molecule has 1 saturated carbocycles. The lowest BCUT2D eigenvalue weighted by atomic mass is 9.85. The van der Waals surface area contributed by atoms with Crippen molar-refractivity contribution in [2.75, 3.05) is 13.1 Å². The SMILES string of the molecule is C#CCCCC(NC(=O)[C@@H]1[C@H]2CCC[C@H]2CN1C(=O)[C@@H](NC(N)=O)C(C)(C)C)C(=O)C(=O)NCC=C. The highest BCUT2D eigenvalue weighted by Crippen LogP contribution is 2.43. The van der Waals surface area contributed by atoms with Crippen molar-refractivity contribution in [1.29, 1.82) is 0 Å². The number of nitrogens with two attached hydrogens (primary N) is 1. The summed E-state index contributed by atoms with van der Waals surface area (Å²) in [6.45, 7) is 9.42. The van der Waals surface area contributed by atoms with Crippen molar-refractivity contribution < 1.29 is 24.0 Å². The van der Waals surface area contributed by atoms with E-state index in [4.69, 9.17) is 12.2 Å². The van der Waals surface area contributed by atoms with Gasteiger partial charge in [0.25, 0.3) is 5.91 Å². The summed E-state index contributed by atoms with van der Waals surface area (Å²) in [5.41, 5.74) is 4.69. The van der Waals surface area contributed by atoms with Gasteiger partial charge in [0.1, 0.15) is 12.1 Å². The molecule has 10 heteroatoms. The van der Waals surface area contributed by atoms with Crippen LogP contribution in [0, 0.1) is 29.6 Å². The number of likely N-dealkylation sites (tertiary alicyclic amines) is 1. The lowest BCUT2D eigenvalue weighted by Crippen LogP contribution is -2.60. The number of urea groups is 1. The number of ketones is 1. The van der Waals surface area contributed by atoms with E-state index >= 15 is 0 Å². The van der Waals surface area contributed by atoms with Crippen LogP contribution in [-0.4, -0.2) is 65.7 Å². The molecule has 0 bridgehead atoms. The molecule has 1 aliphatic carbocycles. The fourth-order valence-corrected chi connectivity index (χ4v) is 5.17. The first-order chi connectivity index (χ1) is 16.9. The normalized spacial score (nSPS) is 22.5. The summed E-state index contributed by atoms with van der Waals surface area (Å²) in [4.78, 5) is 65.6. The number of Topliss-reactive ketones (excluding diaryl/α,β-unsaturated/α-hetero) is 1. The monoisotopic (exact) mass is 501 g/mol. The lowest BCUT2D eigenvalue weighted by molar-refractivity contribution is -0.144. The maximum absolute atomic E-state index is 13.6. The lowest BCUT2D eigenvalue weighted by Gasteiger charge is -2.36. The van der Waals surface area contributed by atoms with Crippen LogP contribution in [0.15, 0.2) is 12.7 Å². The molecule has 2 aliphatic rings. The van der Waals surface area contributed by atoms with Crippen LogP contribution in [0.2, 0.25) is 0 Å². The molecule has 0 aromatic carbocycles. The quantitative estimate of drug-likeness (QED) is 0.143. The number of primary amides is 1. The second-order valence-electron chi connectivity index (χ2n) is 10.6. The van der Waals surface area contributed by atoms with Crippen molar-refractivity contribution in [2.24, 2.45) is 23.0 Å². The maximum atomic E-state index is 13.6. The molecule has 1 unspecified atom stereocenters. The Hall–Kier alpha value is -3.35. The molecule has 0 aromatic rings. The van der Waals surface area contributed by atoms with Gasteiger partial charge in [-0.15, -0.1) is 18.9 Å². The zero-order chi connectivity index (χ0) is 27.0. The number of fused-ring (bicyclic) bond motifs is 1. The number of amides is 5. The van der Waals surface area contributed by atoms with Crippen LogP contribution in [0.25, 0.3) is 0 Å². The van der Waals surface area contributed by atoms with Gasteiger partial charge in [-0.2, -0.15) is 0 Å². The van der Waals surface area contributed by atoms with Crippen molar-refractivity contribution in [3.05, 3.63) is 12.7 Å². The van der Waals surface area contributed by atoms with E-state index in [2.05, 4.69) is 28.4 Å². The standard InChI is InChI=1S/C26H39N5O5/c1-6-8-9-13-18(20(32)23(34)28-14-7-2)29-22(33)19-17-12-10-11-16(17)15-31(19)24(35)21(26(3,4)5)30-25(27)36/h1,7,16-19,21H,2,8-15H2,3-5H3,(H,28,34)(H,29,33)(H3,27,30,36)/t16-,17-,18?,19-,21+/m0/s1. The minimum atomic E-state index is -1.07. The zero-order valence-electron chi connectivity index (χ0n) is 21.5. The molecular formula is C26H39N5O5. The number of hydrogen-bond acceptors (Lipinski definition) is 5. The molecule has 5 N–H and O–H groups in total. The first-order valence-electron chi connectivity index (χ1n) is 12.5. The van der Waals surface area contributed by atoms with Gasteiger partial charge in [0.2, 0.25) is 17.6 Å². The number of unbranched alkanes of at least 4 members (excludes halogenated alkanes) is 1. The van der Waals surface area contributed by atoms with E-state index in [1.165, 1.54) is 11.0 Å². The highest BCUT2D eigenvalue weighted by atomic mass is 16.2. The van der Waals surface area contributed by atoms with E-state index in [0.717, 1.165) is 19.3 Å². The molecule has 198 valence electrons. The number of rotatable bonds is 11. The van der Waals surface area contributed by atoms with Gasteiger partial charge >= 0.3 is 6.03 Å². The molecule has 0 radical (unpaired) electrons. The van der Waals surface area contributed by atoms with E-state index < -0.39 is 53.1 Å². The summed E-state index contributed by atoms with van der Waals surface area (Å²) in [5, 5.41) is 7.72. The first-order valence-corrected chi connectivity index (χ1v) is 12.5. The predicted molar refractivity (Wildman–Crippen MR) is 135 cm³/mol. The molecule has 1 heterocycles. The number of hydrogen-bond donors (Lipinski definition) is 4. The molecule has 10 nitrogen and oxygen atoms in total. The zero-order valence-corrected chi connectivity index (χ0v) is 21.5. The number of terminal acetylenes is 1. The van der Waals surface area contributed by atoms with Crippen LogP contribution in [0.5, 0.6) is 0 Å². The van der Waals surface area contributed by atoms with Gasteiger partial charge in [0.15, 0.2) is 0 Å². The van der Waals surface area contributed by atoms with E-state index in [1.807, 2.05) is 0 Å². The molecule has 1 aliphatic heterocycles. The summed E-state index contributed by atoms with van der Waals surface area (Å²) in [7, 11) is 0. The summed E-state index contributed by atoms with van der Waals surface area (Å²) in [6.07, 6.45) is 10.4. The summed E-state index contributed by atoms with van der Waals surface area (Å²) in [6, 6.07) is -3.64. The van der Waals surface area contributed by atoms with Gasteiger partial charge in [-0.25, -0.2) is 4.79 Å². The highest BCUT2D eigenvalue weighted by Gasteiger charge is 2.52. The number of carbonyl (C=O) groups excluding carboxylic acids is 5. The Morgan fingerprint density at radius 1 is 1.19 bits per heavy atom. The van der Waals surface area contributed by atoms with Gasteiger partial charge in [-0.05, 0) is 42.9 Å². The van der Waals surface area contributed by atoms with Crippen LogP contribution in [-0.2, 0) is 19.2 Å². The summed E-state index contributed by atoms with van der Waals surface area (Å²) in [5.74, 6) is 0.0909. The van der Waals surface area contributed by atoms with Gasteiger partial charge < -0.3 is 26.6 Å². The van der Waals surface area contributed by atoms with Crippen molar-refractivity contribution in [1.82, 2.24) is 20.9 Å². The number of nitrogens with one attached hydrogen (secondary N) is 3. The second-order valence-corrected chi connectivity index (χ2v) is 10.6. The fraction of sp³-hybridized carbons (Fsp3) is 0.654. The van der Waals surface area contributed by atoms with Crippen LogP contribution < -0.4 is 21.7 Å². The van der Waals surface area contributed by atoms with E-state index in [-0.39, 0.29) is 24.8 Å². The van der Waals surface area contributed by atoms with Gasteiger partial charge in [-0.3, -0.25) is 19.2 Å². The Morgan fingerprint density at radius 3 is 2.47 bits per heavy atom. The smallest absolute Gasteiger partial charge is 0.312 e. The second kappa shape index (κ2) is 12.6. The molecule has 5 atom stereocenters. The summed E-state index contributed by atoms with van der Waals surface area (Å²) >= 11 is 0. The van der Waals surface area contributed by atoms with Gasteiger partial charge in [0, 0.05) is 19.5 Å². The van der Waals surface area contributed by atoms with E-state index in [1.54, 1.807) is 20.8 Å². The Kier molecular flexibility index (Phi) is 10.1. The maximum Gasteiger partial charge on any atom is 0.312 e. The topological polar surface area (TPSA) is 151 Å². The molecule has 36 heavy (non-hydrogen) atoms. The van der Waals surface area contributed by atoms with Crippen LogP contribution in [0.4, 0.5) is 4.79 Å². The third-order valence-corrected chi connectivity index (χ3v) is 6.92. The van der Waals surface area contributed by atoms with Crippen molar-refractivity contribution in [3.63, 3.8) is 0 Å². The Bertz CT molecular complexity index is 919. The molecule has 2 rings (SSSR count). The minimum Gasteiger partial charge on any atom is -0.352 e. The summed E-state index contributed by atoms with van der Waals surface area (Å²) < 4.78 is 0. The van der Waals surface area contributed by atoms with Gasteiger partial charge in [0.05, 0.1) is 6.04 Å². The van der Waals surface area contributed by atoms with Crippen LogP contribution in [0.3, 0.4) is 0 Å². The van der Waals surface area contributed by atoms with Crippen molar-refractivity contribution >= 4 is 29.5 Å². The largest absolute Gasteiger partial charge is 0.352 e. The molecule has 0 spiro atoms. The third-order valence-electron chi connectivity index (χ3n) is 6.92. The van der Waals surface area contributed by atoms with Crippen LogP contribution in [0.1, 0.15) is 59.3 Å². The van der Waals surface area contributed by atoms with Gasteiger partial charge in [-0.1, -0.05) is 33.3 Å². The average molecular weight is 502 g/mol. The Balaban J connectivity index is 2.30. The minimum absolute atomic E-state index is 0.0702. The average Bonchev–Trinajstić information content (AvgIpc) is 3.40. The van der Waals surface area contributed by atoms with Crippen molar-refractivity contribution in [3.8, 4) is 12.3 Å². The molecule has 0 aromatic heterocycles. The first kappa shape index (κ1) is 28.9. The highest BCUT2D eigenvalue weighted by molar-refractivity contribution is 6.38. The van der Waals surface area contributed by atoms with Crippen molar-refractivity contribution in [2.45, 2.75) is 77.4 Å². The Morgan fingerprint density at radius 2 is 1.89 bits per heavy atom. The fourth-order valence-electron chi connectivity index (χ4n) is 5.17. The molecule has 2 fully saturated rings.